The molecule has 1 aliphatic heterocycles. The summed E-state index contributed by atoms with van der Waals surface area (Å²) in [5.74, 6) is 0.212. The number of hydrogen-bond donors (Lipinski definition) is 2. The van der Waals surface area contributed by atoms with E-state index in [9.17, 15) is 4.79 Å². The van der Waals surface area contributed by atoms with Crippen LogP contribution in [0, 0.1) is 0 Å². The molecule has 1 saturated carbocycles. The van der Waals surface area contributed by atoms with Gasteiger partial charge in [0.2, 0.25) is 5.91 Å². The molecule has 0 radical (unpaired) electrons. The Morgan fingerprint density at radius 2 is 1.60 bits per heavy atom. The van der Waals surface area contributed by atoms with Crippen LogP contribution in [0.25, 0.3) is 0 Å². The van der Waals surface area contributed by atoms with Gasteiger partial charge in [0, 0.05) is 45.3 Å². The summed E-state index contributed by atoms with van der Waals surface area (Å²) in [6.07, 6.45) is 7.52. The summed E-state index contributed by atoms with van der Waals surface area (Å²) in [5, 5.41) is 3.23. The summed E-state index contributed by atoms with van der Waals surface area (Å²) >= 11 is 0. The minimum atomic E-state index is 0.212. The van der Waals surface area contributed by atoms with E-state index in [0.717, 1.165) is 52.1 Å². The lowest BCUT2D eigenvalue weighted by atomic mass is 10.1. The highest BCUT2D eigenvalue weighted by molar-refractivity contribution is 5.78. The Kier molecular flexibility index (Phi) is 6.76. The van der Waals surface area contributed by atoms with Crippen molar-refractivity contribution < 1.29 is 4.79 Å². The number of carbonyl (C=O) groups excluding carboxylic acids is 1. The molecule has 0 aromatic rings. The number of hydrogen-bond acceptors (Lipinski definition) is 4. The van der Waals surface area contributed by atoms with Crippen molar-refractivity contribution in [3.8, 4) is 0 Å². The van der Waals surface area contributed by atoms with Crippen molar-refractivity contribution in [1.29, 1.82) is 0 Å². The second-order valence-electron chi connectivity index (χ2n) is 6.16. The van der Waals surface area contributed by atoms with Gasteiger partial charge in [0.05, 0.1) is 6.54 Å². The van der Waals surface area contributed by atoms with Crippen molar-refractivity contribution in [1.82, 2.24) is 15.1 Å². The van der Waals surface area contributed by atoms with Gasteiger partial charge in [-0.15, -0.1) is 0 Å². The number of nitrogens with two attached hydrogens (primary N) is 1. The normalized spacial score (nSPS) is 23.4. The fourth-order valence-electron chi connectivity index (χ4n) is 3.25. The van der Waals surface area contributed by atoms with Crippen LogP contribution in [0.2, 0.25) is 0 Å². The third-order valence-electron chi connectivity index (χ3n) is 4.50. The van der Waals surface area contributed by atoms with E-state index in [4.69, 9.17) is 5.73 Å². The first-order valence-corrected chi connectivity index (χ1v) is 8.22. The maximum Gasteiger partial charge on any atom is 0.234 e. The van der Waals surface area contributed by atoms with Gasteiger partial charge >= 0.3 is 0 Å². The van der Waals surface area contributed by atoms with Gasteiger partial charge in [0.25, 0.3) is 0 Å². The Balaban J connectivity index is 1.64. The number of amides is 1. The zero-order chi connectivity index (χ0) is 14.2. The summed E-state index contributed by atoms with van der Waals surface area (Å²) in [7, 11) is 0. The third kappa shape index (κ3) is 5.38. The van der Waals surface area contributed by atoms with E-state index in [-0.39, 0.29) is 5.91 Å². The molecule has 116 valence electrons. The molecule has 2 fully saturated rings. The van der Waals surface area contributed by atoms with E-state index in [0.29, 0.717) is 12.6 Å². The standard InChI is InChI=1S/C15H30N4O/c16-7-8-18-9-11-19(12-10-18)13-15(20)17-14-5-3-1-2-4-6-14/h14H,1-13,16H2,(H,17,20). The van der Waals surface area contributed by atoms with Crippen LogP contribution < -0.4 is 11.1 Å². The van der Waals surface area contributed by atoms with Crippen LogP contribution in [0.4, 0.5) is 0 Å². The van der Waals surface area contributed by atoms with Crippen molar-refractivity contribution in [3.05, 3.63) is 0 Å². The highest BCUT2D eigenvalue weighted by Crippen LogP contribution is 2.17. The molecule has 0 aromatic carbocycles. The first-order valence-electron chi connectivity index (χ1n) is 8.22. The average Bonchev–Trinajstić information content (AvgIpc) is 2.70. The number of nitrogens with one attached hydrogen (secondary N) is 1. The second-order valence-corrected chi connectivity index (χ2v) is 6.16. The average molecular weight is 282 g/mol. The molecule has 0 spiro atoms. The van der Waals surface area contributed by atoms with Crippen LogP contribution in [0.5, 0.6) is 0 Å². The van der Waals surface area contributed by atoms with E-state index in [1.165, 1.54) is 25.7 Å². The van der Waals surface area contributed by atoms with Gasteiger partial charge in [-0.25, -0.2) is 0 Å². The van der Waals surface area contributed by atoms with Gasteiger partial charge in [0.1, 0.15) is 0 Å². The molecule has 5 heteroatoms. The molecular formula is C15H30N4O. The summed E-state index contributed by atoms with van der Waals surface area (Å²) in [6, 6.07) is 0.420. The maximum atomic E-state index is 12.1. The fraction of sp³-hybridized carbons (Fsp3) is 0.933. The lowest BCUT2D eigenvalue weighted by molar-refractivity contribution is -0.123. The van der Waals surface area contributed by atoms with Gasteiger partial charge in [-0.05, 0) is 12.8 Å². The van der Waals surface area contributed by atoms with Crippen LogP contribution in [0.15, 0.2) is 0 Å². The topological polar surface area (TPSA) is 61.6 Å². The number of nitrogens with zero attached hydrogens (tertiary/aromatic N) is 2. The molecule has 1 heterocycles. The molecule has 0 unspecified atom stereocenters. The zero-order valence-corrected chi connectivity index (χ0v) is 12.6. The Hall–Kier alpha value is -0.650. The molecule has 0 atom stereocenters. The molecule has 3 N–H and O–H groups in total. The van der Waals surface area contributed by atoms with Crippen molar-refractivity contribution in [3.63, 3.8) is 0 Å². The Labute approximate surface area is 122 Å². The third-order valence-corrected chi connectivity index (χ3v) is 4.50. The van der Waals surface area contributed by atoms with Crippen LogP contribution in [0.3, 0.4) is 0 Å². The Morgan fingerprint density at radius 1 is 1.00 bits per heavy atom. The first-order chi connectivity index (χ1) is 9.78. The van der Waals surface area contributed by atoms with E-state index >= 15 is 0 Å². The van der Waals surface area contributed by atoms with Crippen LogP contribution >= 0.6 is 0 Å². The Morgan fingerprint density at radius 3 is 2.20 bits per heavy atom. The van der Waals surface area contributed by atoms with Gasteiger partial charge in [0.15, 0.2) is 0 Å². The molecule has 1 amide bonds. The van der Waals surface area contributed by atoms with E-state index < -0.39 is 0 Å². The van der Waals surface area contributed by atoms with Gasteiger partial charge in [-0.1, -0.05) is 25.7 Å². The van der Waals surface area contributed by atoms with Crippen LogP contribution in [0.1, 0.15) is 38.5 Å². The first kappa shape index (κ1) is 15.7. The monoisotopic (exact) mass is 282 g/mol. The molecule has 20 heavy (non-hydrogen) atoms. The maximum absolute atomic E-state index is 12.1. The van der Waals surface area contributed by atoms with Crippen molar-refractivity contribution >= 4 is 5.91 Å². The number of piperazine rings is 1. The van der Waals surface area contributed by atoms with E-state index in [2.05, 4.69) is 15.1 Å². The van der Waals surface area contributed by atoms with Crippen LogP contribution in [-0.4, -0.2) is 67.6 Å². The van der Waals surface area contributed by atoms with Crippen molar-refractivity contribution in [2.45, 2.75) is 44.6 Å². The minimum absolute atomic E-state index is 0.212. The fourth-order valence-corrected chi connectivity index (χ4v) is 3.25. The summed E-state index contributed by atoms with van der Waals surface area (Å²) < 4.78 is 0. The highest BCUT2D eigenvalue weighted by atomic mass is 16.2. The van der Waals surface area contributed by atoms with Gasteiger partial charge in [-0.3, -0.25) is 14.6 Å². The quantitative estimate of drug-likeness (QED) is 0.717. The van der Waals surface area contributed by atoms with Crippen molar-refractivity contribution in [2.24, 2.45) is 5.73 Å². The molecular weight excluding hydrogens is 252 g/mol. The summed E-state index contributed by atoms with van der Waals surface area (Å²) in [4.78, 5) is 16.8. The number of rotatable bonds is 5. The summed E-state index contributed by atoms with van der Waals surface area (Å²) in [6.45, 7) is 6.30. The van der Waals surface area contributed by atoms with E-state index in [1.54, 1.807) is 0 Å². The predicted molar refractivity (Wildman–Crippen MR) is 81.6 cm³/mol. The van der Waals surface area contributed by atoms with Crippen LogP contribution in [-0.2, 0) is 4.79 Å². The lowest BCUT2D eigenvalue weighted by Crippen LogP contribution is -2.51. The summed E-state index contributed by atoms with van der Waals surface area (Å²) in [5.41, 5.74) is 5.57. The van der Waals surface area contributed by atoms with Gasteiger partial charge < -0.3 is 11.1 Å². The smallest absolute Gasteiger partial charge is 0.234 e. The molecule has 1 aliphatic carbocycles. The minimum Gasteiger partial charge on any atom is -0.352 e. The predicted octanol–water partition coefficient (Wildman–Crippen LogP) is 0.402. The van der Waals surface area contributed by atoms with E-state index in [1.807, 2.05) is 0 Å². The molecule has 5 nitrogen and oxygen atoms in total. The van der Waals surface area contributed by atoms with Crippen molar-refractivity contribution in [2.75, 3.05) is 45.8 Å². The zero-order valence-electron chi connectivity index (χ0n) is 12.6. The molecule has 0 aromatic heterocycles. The molecule has 0 bridgehead atoms. The lowest BCUT2D eigenvalue weighted by Gasteiger charge is -2.34. The van der Waals surface area contributed by atoms with Gasteiger partial charge in [-0.2, -0.15) is 0 Å². The molecule has 2 aliphatic rings. The SMILES string of the molecule is NCCN1CCN(CC(=O)NC2CCCCCC2)CC1. The number of carbonyl (C=O) groups is 1. The highest BCUT2D eigenvalue weighted by Gasteiger charge is 2.20. The molecule has 2 rings (SSSR count). The largest absolute Gasteiger partial charge is 0.352 e. The second kappa shape index (κ2) is 8.60. The molecule has 1 saturated heterocycles. The Bertz CT molecular complexity index is 282.